The minimum Gasteiger partial charge on any atom is -0.476 e. The molecular weight excluding hydrogens is 207 g/mol. The first-order chi connectivity index (χ1) is 7.34. The van der Waals surface area contributed by atoms with Crippen molar-refractivity contribution < 1.29 is 14.3 Å². The van der Waals surface area contributed by atoms with Gasteiger partial charge < -0.3 is 5.11 Å². The Hall–Kier alpha value is -1.64. The number of rotatable bonds is 2. The zero-order valence-corrected chi connectivity index (χ0v) is 9.89. The summed E-state index contributed by atoms with van der Waals surface area (Å²) in [6.07, 6.45) is 1.09. The first-order valence-corrected chi connectivity index (χ1v) is 5.02. The molecule has 0 bridgehead atoms. The summed E-state index contributed by atoms with van der Waals surface area (Å²) in [6.45, 7) is 7.58. The van der Waals surface area contributed by atoms with Crippen LogP contribution >= 0.6 is 0 Å². The lowest BCUT2D eigenvalue weighted by Gasteiger charge is -2.11. The Morgan fingerprint density at radius 3 is 2.00 bits per heavy atom. The second kappa shape index (κ2) is 4.47. The highest BCUT2D eigenvalue weighted by molar-refractivity contribution is 5.90. The lowest BCUT2D eigenvalue weighted by Crippen LogP contribution is -1.98. The van der Waals surface area contributed by atoms with Crippen LogP contribution in [0.1, 0.15) is 27.8 Å². The van der Waals surface area contributed by atoms with Gasteiger partial charge in [0.2, 0.25) is 5.83 Å². The normalized spacial score (nSPS) is 11.7. The Morgan fingerprint density at radius 1 is 1.19 bits per heavy atom. The summed E-state index contributed by atoms with van der Waals surface area (Å²) >= 11 is 0. The minimum absolute atomic E-state index is 0.664. The molecule has 1 aromatic carbocycles. The molecule has 1 aromatic rings. The van der Waals surface area contributed by atoms with Gasteiger partial charge in [-0.1, -0.05) is 6.07 Å². The van der Waals surface area contributed by atoms with Crippen molar-refractivity contribution in [2.75, 3.05) is 0 Å². The number of hydrogen-bond donors (Lipinski definition) is 1. The maximum Gasteiger partial charge on any atom is 0.364 e. The topological polar surface area (TPSA) is 37.3 Å². The summed E-state index contributed by atoms with van der Waals surface area (Å²) in [5.41, 5.74) is 4.57. The van der Waals surface area contributed by atoms with Crippen LogP contribution in [0, 0.1) is 27.7 Å². The van der Waals surface area contributed by atoms with Crippen molar-refractivity contribution in [3.8, 4) is 0 Å². The van der Waals surface area contributed by atoms with E-state index in [0.717, 1.165) is 28.3 Å². The van der Waals surface area contributed by atoms with E-state index in [0.29, 0.717) is 5.56 Å². The molecule has 0 fully saturated rings. The summed E-state index contributed by atoms with van der Waals surface area (Å²) < 4.78 is 13.1. The van der Waals surface area contributed by atoms with Gasteiger partial charge in [0.1, 0.15) is 0 Å². The van der Waals surface area contributed by atoms with E-state index in [1.54, 1.807) is 0 Å². The highest BCUT2D eigenvalue weighted by Crippen LogP contribution is 2.24. The molecule has 0 aromatic heterocycles. The van der Waals surface area contributed by atoms with Gasteiger partial charge in [-0.2, -0.15) is 4.39 Å². The molecule has 1 rings (SSSR count). The van der Waals surface area contributed by atoms with E-state index in [4.69, 9.17) is 5.11 Å². The van der Waals surface area contributed by atoms with Crippen LogP contribution in [0.25, 0.3) is 6.08 Å². The van der Waals surface area contributed by atoms with E-state index in [2.05, 4.69) is 0 Å². The van der Waals surface area contributed by atoms with Gasteiger partial charge in [0, 0.05) is 0 Å². The van der Waals surface area contributed by atoms with Crippen molar-refractivity contribution in [1.29, 1.82) is 0 Å². The van der Waals surface area contributed by atoms with Crippen LogP contribution in [0.4, 0.5) is 4.39 Å². The average Bonchev–Trinajstić information content (AvgIpc) is 2.21. The fraction of sp³-hybridized carbons (Fsp3) is 0.308. The van der Waals surface area contributed by atoms with E-state index in [9.17, 15) is 9.18 Å². The van der Waals surface area contributed by atoms with Crippen LogP contribution in [-0.2, 0) is 4.79 Å². The molecule has 0 heterocycles. The van der Waals surface area contributed by atoms with Crippen molar-refractivity contribution in [1.82, 2.24) is 0 Å². The molecule has 2 nitrogen and oxygen atoms in total. The predicted molar refractivity (Wildman–Crippen MR) is 62.1 cm³/mol. The molecular formula is C13H15FO2. The van der Waals surface area contributed by atoms with Crippen LogP contribution in [0.2, 0.25) is 0 Å². The fourth-order valence-electron chi connectivity index (χ4n) is 1.65. The van der Waals surface area contributed by atoms with Crippen molar-refractivity contribution in [2.45, 2.75) is 27.7 Å². The van der Waals surface area contributed by atoms with E-state index in [-0.39, 0.29) is 0 Å². The number of carbonyl (C=O) groups is 1. The SMILES string of the molecule is Cc1cc(C)c(C)c(C=C(F)C(=O)O)c1C. The molecule has 0 amide bonds. The van der Waals surface area contributed by atoms with Crippen molar-refractivity contribution in [2.24, 2.45) is 0 Å². The third-order valence-corrected chi connectivity index (χ3v) is 2.90. The third-order valence-electron chi connectivity index (χ3n) is 2.90. The summed E-state index contributed by atoms with van der Waals surface area (Å²) in [5, 5.41) is 8.52. The van der Waals surface area contributed by atoms with E-state index in [1.807, 2.05) is 33.8 Å². The minimum atomic E-state index is -1.53. The van der Waals surface area contributed by atoms with Crippen LogP contribution < -0.4 is 0 Å². The molecule has 0 saturated heterocycles. The monoisotopic (exact) mass is 222 g/mol. The maximum atomic E-state index is 13.1. The standard InChI is InChI=1S/C13H15FO2/c1-7-5-8(2)10(4)11(9(7)3)6-12(14)13(15)16/h5-6H,1-4H3,(H,15,16). The molecule has 1 N–H and O–H groups in total. The fourth-order valence-corrected chi connectivity index (χ4v) is 1.65. The average molecular weight is 222 g/mol. The van der Waals surface area contributed by atoms with E-state index in [1.165, 1.54) is 0 Å². The molecule has 0 aliphatic rings. The van der Waals surface area contributed by atoms with Crippen LogP contribution in [0.15, 0.2) is 11.9 Å². The van der Waals surface area contributed by atoms with Gasteiger partial charge in [0.05, 0.1) is 0 Å². The molecule has 0 aliphatic heterocycles. The molecule has 0 spiro atoms. The van der Waals surface area contributed by atoms with Gasteiger partial charge in [-0.3, -0.25) is 0 Å². The number of hydrogen-bond acceptors (Lipinski definition) is 1. The lowest BCUT2D eigenvalue weighted by molar-refractivity contribution is -0.134. The number of carboxylic acids is 1. The predicted octanol–water partition coefficient (Wildman–Crippen LogP) is 3.32. The molecule has 3 heteroatoms. The highest BCUT2D eigenvalue weighted by atomic mass is 19.1. The van der Waals surface area contributed by atoms with Gasteiger partial charge in [0.25, 0.3) is 0 Å². The summed E-state index contributed by atoms with van der Waals surface area (Å²) in [6, 6.07) is 2.01. The smallest absolute Gasteiger partial charge is 0.364 e. The Balaban J connectivity index is 3.44. The number of benzene rings is 1. The van der Waals surface area contributed by atoms with E-state index >= 15 is 0 Å². The number of carboxylic acid groups (broad SMARTS) is 1. The molecule has 0 aliphatic carbocycles. The second-order valence-electron chi connectivity index (χ2n) is 3.97. The van der Waals surface area contributed by atoms with Gasteiger partial charge in [-0.15, -0.1) is 0 Å². The first kappa shape index (κ1) is 12.4. The van der Waals surface area contributed by atoms with Gasteiger partial charge in [0.15, 0.2) is 0 Å². The molecule has 86 valence electrons. The third kappa shape index (κ3) is 2.30. The van der Waals surface area contributed by atoms with E-state index < -0.39 is 11.8 Å². The van der Waals surface area contributed by atoms with Crippen LogP contribution in [0.3, 0.4) is 0 Å². The summed E-state index contributed by atoms with van der Waals surface area (Å²) in [7, 11) is 0. The number of aliphatic carboxylic acids is 1. The first-order valence-electron chi connectivity index (χ1n) is 5.02. The van der Waals surface area contributed by atoms with Crippen molar-refractivity contribution in [3.05, 3.63) is 39.7 Å². The largest absolute Gasteiger partial charge is 0.476 e. The zero-order valence-electron chi connectivity index (χ0n) is 9.89. The summed E-state index contributed by atoms with van der Waals surface area (Å²) in [5.74, 6) is -2.66. The maximum absolute atomic E-state index is 13.1. The number of aryl methyl sites for hydroxylation is 2. The zero-order chi connectivity index (χ0) is 12.5. The van der Waals surface area contributed by atoms with Gasteiger partial charge in [-0.25, -0.2) is 4.79 Å². The Labute approximate surface area is 94.4 Å². The molecule has 0 saturated carbocycles. The van der Waals surface area contributed by atoms with Crippen molar-refractivity contribution >= 4 is 12.0 Å². The van der Waals surface area contributed by atoms with Crippen LogP contribution in [0.5, 0.6) is 0 Å². The second-order valence-corrected chi connectivity index (χ2v) is 3.97. The molecule has 16 heavy (non-hydrogen) atoms. The van der Waals surface area contributed by atoms with Crippen molar-refractivity contribution in [3.63, 3.8) is 0 Å². The Kier molecular flexibility index (Phi) is 3.48. The van der Waals surface area contributed by atoms with Crippen LogP contribution in [-0.4, -0.2) is 11.1 Å². The Morgan fingerprint density at radius 2 is 1.62 bits per heavy atom. The Bertz CT molecular complexity index is 447. The van der Waals surface area contributed by atoms with Gasteiger partial charge >= 0.3 is 5.97 Å². The van der Waals surface area contributed by atoms with Gasteiger partial charge in [-0.05, 0) is 61.6 Å². The molecule has 0 unspecified atom stereocenters. The molecule has 0 radical (unpaired) electrons. The lowest BCUT2D eigenvalue weighted by atomic mass is 9.94. The molecule has 0 atom stereocenters. The quantitative estimate of drug-likeness (QED) is 0.779. The highest BCUT2D eigenvalue weighted by Gasteiger charge is 2.10. The number of halogens is 1. The summed E-state index contributed by atoms with van der Waals surface area (Å²) in [4.78, 5) is 10.5.